The van der Waals surface area contributed by atoms with Crippen LogP contribution in [-0.2, 0) is 9.53 Å². The average Bonchev–Trinajstić information content (AvgIpc) is 3.22. The van der Waals surface area contributed by atoms with E-state index in [1.54, 1.807) is 37.3 Å². The molecule has 0 saturated carbocycles. The van der Waals surface area contributed by atoms with E-state index in [4.69, 9.17) is 18.6 Å². The van der Waals surface area contributed by atoms with Crippen molar-refractivity contribution >= 4 is 40.8 Å². The molecule has 12 heteroatoms. The first-order chi connectivity index (χ1) is 16.3. The van der Waals surface area contributed by atoms with E-state index < -0.39 is 24.3 Å². The zero-order valence-electron chi connectivity index (χ0n) is 18.8. The normalized spacial score (nSPS) is 16.6. The molecule has 0 bridgehead atoms. The van der Waals surface area contributed by atoms with Crippen molar-refractivity contribution in [3.05, 3.63) is 56.7 Å². The first-order valence-corrected chi connectivity index (χ1v) is 11.4. The van der Waals surface area contributed by atoms with E-state index in [2.05, 4.69) is 21.2 Å². The molecular weight excluding hydrogens is 559 g/mol. The van der Waals surface area contributed by atoms with E-state index in [1.165, 1.54) is 13.3 Å². The minimum atomic E-state index is -1.10. The largest absolute Gasteiger partial charge is 0.490 e. The number of hydrogen-bond donors (Lipinski definition) is 4. The Bertz CT molecular complexity index is 1100. The summed E-state index contributed by atoms with van der Waals surface area (Å²) in [6.45, 7) is 3.67. The molecule has 4 N–H and O–H groups in total. The molecule has 2 amide bonds. The molecule has 0 aliphatic carbocycles. The van der Waals surface area contributed by atoms with Crippen molar-refractivity contribution in [1.82, 2.24) is 16.1 Å². The highest BCUT2D eigenvalue weighted by Gasteiger charge is 2.32. The molecule has 1 aromatic heterocycles. The zero-order chi connectivity index (χ0) is 24.7. The van der Waals surface area contributed by atoms with Crippen LogP contribution in [-0.4, -0.2) is 49.9 Å². The molecule has 3 rings (SSSR count). The molecule has 0 unspecified atom stereocenters. The van der Waals surface area contributed by atoms with Gasteiger partial charge in [0.05, 0.1) is 31.5 Å². The number of benzene rings is 1. The molecule has 11 nitrogen and oxygen atoms in total. The van der Waals surface area contributed by atoms with Crippen molar-refractivity contribution in [2.75, 3.05) is 20.3 Å². The Balaban J connectivity index is 1.72. The second-order valence-corrected chi connectivity index (χ2v) is 8.12. The third-order valence-corrected chi connectivity index (χ3v) is 5.26. The monoisotopic (exact) mass is 584 g/mol. The minimum absolute atomic E-state index is 0.122. The number of carbonyl (C=O) groups is 2. The smallest absolute Gasteiger partial charge is 0.337 e. The summed E-state index contributed by atoms with van der Waals surface area (Å²) in [7, 11) is 1.28. The molecule has 0 fully saturated rings. The standard InChI is InChI=1S/C22H25IN4O7/c1-4-32-16-9-13(20-19(21(29)31-3)12(2)25-22(30)26-20)5-7-15(16)33-11-18(28)27-24-10-14-6-8-17(23)34-14/h5-10,18,20,27-28H,4,11H2,1-3H3,(H2,25,26,30)/b24-10-/t18-,20-/m0/s1. The summed E-state index contributed by atoms with van der Waals surface area (Å²) < 4.78 is 22.3. The van der Waals surface area contributed by atoms with Crippen molar-refractivity contribution in [3.63, 3.8) is 0 Å². The quantitative estimate of drug-likeness (QED) is 0.110. The number of halogens is 1. The summed E-state index contributed by atoms with van der Waals surface area (Å²) >= 11 is 2.04. The first-order valence-electron chi connectivity index (χ1n) is 10.3. The Kier molecular flexibility index (Phi) is 8.76. The molecule has 0 radical (unpaired) electrons. The molecule has 1 aliphatic rings. The van der Waals surface area contributed by atoms with Gasteiger partial charge in [0.15, 0.2) is 21.5 Å². The fourth-order valence-corrected chi connectivity index (χ4v) is 3.64. The van der Waals surface area contributed by atoms with Crippen LogP contribution in [0.1, 0.15) is 31.2 Å². The summed E-state index contributed by atoms with van der Waals surface area (Å²) in [5.74, 6) is 0.735. The molecule has 1 aliphatic heterocycles. The maximum absolute atomic E-state index is 12.3. The lowest BCUT2D eigenvalue weighted by atomic mass is 9.95. The maximum Gasteiger partial charge on any atom is 0.337 e. The summed E-state index contributed by atoms with van der Waals surface area (Å²) in [6, 6.07) is 7.37. The molecule has 1 aromatic carbocycles. The third-order valence-electron chi connectivity index (χ3n) is 4.68. The highest BCUT2D eigenvalue weighted by Crippen LogP contribution is 2.34. The fourth-order valence-electron chi connectivity index (χ4n) is 3.21. The second kappa shape index (κ2) is 11.7. The summed E-state index contributed by atoms with van der Waals surface area (Å²) in [5.41, 5.74) is 3.82. The van der Waals surface area contributed by atoms with Gasteiger partial charge in [-0.2, -0.15) is 5.10 Å². The highest BCUT2D eigenvalue weighted by molar-refractivity contribution is 14.1. The van der Waals surface area contributed by atoms with Crippen LogP contribution in [0.2, 0.25) is 0 Å². The van der Waals surface area contributed by atoms with E-state index in [0.29, 0.717) is 35.1 Å². The summed E-state index contributed by atoms with van der Waals surface area (Å²) in [4.78, 5) is 24.4. The number of amides is 2. The molecule has 34 heavy (non-hydrogen) atoms. The molecule has 182 valence electrons. The van der Waals surface area contributed by atoms with Gasteiger partial charge in [-0.25, -0.2) is 9.59 Å². The number of nitrogens with one attached hydrogen (secondary N) is 3. The number of hydrazone groups is 1. The number of urea groups is 1. The lowest BCUT2D eigenvalue weighted by Gasteiger charge is -2.28. The first kappa shape index (κ1) is 25.4. The number of esters is 1. The Hall–Kier alpha value is -3.26. The molecule has 0 saturated heterocycles. The number of furan rings is 1. The number of aliphatic hydroxyl groups is 1. The van der Waals surface area contributed by atoms with Crippen molar-refractivity contribution in [2.45, 2.75) is 26.1 Å². The third kappa shape index (κ3) is 6.41. The number of nitrogens with zero attached hydrogens (tertiary/aromatic N) is 1. The van der Waals surface area contributed by atoms with Crippen LogP contribution in [0.15, 0.2) is 51.1 Å². The van der Waals surface area contributed by atoms with E-state index in [0.717, 1.165) is 3.77 Å². The molecule has 2 heterocycles. The molecular formula is C22H25IN4O7. The number of carbonyl (C=O) groups excluding carboxylic acids is 2. The van der Waals surface area contributed by atoms with Crippen LogP contribution < -0.4 is 25.5 Å². The van der Waals surface area contributed by atoms with Gasteiger partial charge in [-0.3, -0.25) is 5.43 Å². The van der Waals surface area contributed by atoms with Crippen molar-refractivity contribution in [3.8, 4) is 11.5 Å². The predicted octanol–water partition coefficient (Wildman–Crippen LogP) is 2.40. The lowest BCUT2D eigenvalue weighted by Crippen LogP contribution is -2.45. The SMILES string of the molecule is CCOc1cc([C@@H]2NC(=O)NC(C)=C2C(=O)OC)ccc1OC[C@H](O)N/N=C\c1ccc(I)o1. The van der Waals surface area contributed by atoms with Gasteiger partial charge in [0.1, 0.15) is 12.4 Å². The van der Waals surface area contributed by atoms with E-state index in [1.807, 2.05) is 29.5 Å². The van der Waals surface area contributed by atoms with Crippen LogP contribution >= 0.6 is 22.6 Å². The van der Waals surface area contributed by atoms with Gasteiger partial charge in [0.25, 0.3) is 0 Å². The molecule has 2 aromatic rings. The number of aliphatic hydroxyl groups excluding tert-OH is 1. The zero-order valence-corrected chi connectivity index (χ0v) is 20.9. The number of allylic oxidation sites excluding steroid dienone is 1. The van der Waals surface area contributed by atoms with Gasteiger partial charge in [0, 0.05) is 5.70 Å². The topological polar surface area (TPSA) is 144 Å². The van der Waals surface area contributed by atoms with Crippen LogP contribution in [0.3, 0.4) is 0 Å². The van der Waals surface area contributed by atoms with Crippen LogP contribution in [0.5, 0.6) is 11.5 Å². The van der Waals surface area contributed by atoms with E-state index in [9.17, 15) is 14.7 Å². The maximum atomic E-state index is 12.3. The highest BCUT2D eigenvalue weighted by atomic mass is 127. The number of rotatable bonds is 10. The minimum Gasteiger partial charge on any atom is -0.490 e. The van der Waals surface area contributed by atoms with Gasteiger partial charge >= 0.3 is 12.0 Å². The van der Waals surface area contributed by atoms with Crippen molar-refractivity contribution in [2.24, 2.45) is 5.10 Å². The number of hydrogen-bond acceptors (Lipinski definition) is 9. The number of ether oxygens (including phenoxy) is 3. The predicted molar refractivity (Wildman–Crippen MR) is 130 cm³/mol. The fraction of sp³-hybridized carbons (Fsp3) is 0.318. The van der Waals surface area contributed by atoms with Gasteiger partial charge < -0.3 is 34.4 Å². The Morgan fingerprint density at radius 2 is 2.12 bits per heavy atom. The summed E-state index contributed by atoms with van der Waals surface area (Å²) in [6.07, 6.45) is 0.340. The Morgan fingerprint density at radius 1 is 1.32 bits per heavy atom. The average molecular weight is 584 g/mol. The summed E-state index contributed by atoms with van der Waals surface area (Å²) in [5, 5.41) is 19.3. The van der Waals surface area contributed by atoms with Gasteiger partial charge in [-0.05, 0) is 66.3 Å². The van der Waals surface area contributed by atoms with Crippen molar-refractivity contribution in [1.29, 1.82) is 0 Å². The lowest BCUT2D eigenvalue weighted by molar-refractivity contribution is -0.136. The van der Waals surface area contributed by atoms with Crippen LogP contribution in [0, 0.1) is 3.77 Å². The van der Waals surface area contributed by atoms with Gasteiger partial charge in [0.2, 0.25) is 0 Å². The van der Waals surface area contributed by atoms with Gasteiger partial charge in [-0.1, -0.05) is 6.07 Å². The van der Waals surface area contributed by atoms with E-state index >= 15 is 0 Å². The van der Waals surface area contributed by atoms with E-state index in [-0.39, 0.29) is 12.2 Å². The number of methoxy groups -OCH3 is 1. The molecule has 0 spiro atoms. The second-order valence-electron chi connectivity index (χ2n) is 7.06. The van der Waals surface area contributed by atoms with Gasteiger partial charge in [-0.15, -0.1) is 0 Å². The van der Waals surface area contributed by atoms with Crippen molar-refractivity contribution < 1.29 is 33.3 Å². The Labute approximate surface area is 209 Å². The molecule has 2 atom stereocenters. The van der Waals surface area contributed by atoms with Crippen LogP contribution in [0.25, 0.3) is 0 Å². The van der Waals surface area contributed by atoms with Crippen LogP contribution in [0.4, 0.5) is 4.79 Å². The Morgan fingerprint density at radius 3 is 2.79 bits per heavy atom.